The number of hydrogen-bond acceptors (Lipinski definition) is 1. The van der Waals surface area contributed by atoms with Crippen LogP contribution in [0.5, 0.6) is 0 Å². The molecule has 0 atom stereocenters. The molecule has 0 aromatic carbocycles. The molecule has 2 N–H and O–H groups in total. The molecule has 0 aliphatic heterocycles. The average Bonchev–Trinajstić information content (AvgIpc) is 2.04. The van der Waals surface area contributed by atoms with E-state index in [1.165, 1.54) is 12.8 Å². The summed E-state index contributed by atoms with van der Waals surface area (Å²) in [5.41, 5.74) is 7.48. The first-order valence-corrected chi connectivity index (χ1v) is 4.47. The Kier molecular flexibility index (Phi) is 6.16. The van der Waals surface area contributed by atoms with Gasteiger partial charge in [-0.3, -0.25) is 0 Å². The highest BCUT2D eigenvalue weighted by atomic mass is 14.6. The molecule has 12 heavy (non-hydrogen) atoms. The third-order valence-electron chi connectivity index (χ3n) is 1.70. The predicted octanol–water partition coefficient (Wildman–Crippen LogP) is 3.15. The van der Waals surface area contributed by atoms with Crippen LogP contribution in [0.15, 0.2) is 36.1 Å². The first-order valence-electron chi connectivity index (χ1n) is 4.47. The van der Waals surface area contributed by atoms with E-state index in [1.54, 1.807) is 6.08 Å². The van der Waals surface area contributed by atoms with Gasteiger partial charge in [0.2, 0.25) is 0 Å². The van der Waals surface area contributed by atoms with Gasteiger partial charge >= 0.3 is 0 Å². The van der Waals surface area contributed by atoms with Gasteiger partial charge in [-0.1, -0.05) is 44.6 Å². The van der Waals surface area contributed by atoms with Crippen LogP contribution in [0.25, 0.3) is 0 Å². The Morgan fingerprint density at radius 1 is 1.50 bits per heavy atom. The molecule has 0 rings (SSSR count). The number of nitrogens with two attached hydrogens (primary N) is 1. The Labute approximate surface area is 75.7 Å². The zero-order valence-corrected chi connectivity index (χ0v) is 8.14. The van der Waals surface area contributed by atoms with Crippen molar-refractivity contribution in [1.29, 1.82) is 0 Å². The molecule has 0 spiro atoms. The highest BCUT2D eigenvalue weighted by Crippen LogP contribution is 2.04. The second kappa shape index (κ2) is 6.71. The van der Waals surface area contributed by atoms with Crippen LogP contribution < -0.4 is 5.73 Å². The van der Waals surface area contributed by atoms with Gasteiger partial charge < -0.3 is 5.73 Å². The molecule has 0 saturated carbocycles. The highest BCUT2D eigenvalue weighted by Gasteiger charge is 1.87. The lowest BCUT2D eigenvalue weighted by molar-refractivity contribution is 0.814. The molecule has 0 bridgehead atoms. The van der Waals surface area contributed by atoms with Gasteiger partial charge in [-0.25, -0.2) is 0 Å². The highest BCUT2D eigenvalue weighted by molar-refractivity contribution is 5.32. The van der Waals surface area contributed by atoms with Gasteiger partial charge in [-0.15, -0.1) is 0 Å². The quantitative estimate of drug-likeness (QED) is 0.491. The summed E-state index contributed by atoms with van der Waals surface area (Å²) < 4.78 is 0. The average molecular weight is 165 g/mol. The molecule has 0 aromatic rings. The topological polar surface area (TPSA) is 26.0 Å². The Bertz CT molecular complexity index is 183. The molecule has 0 amide bonds. The van der Waals surface area contributed by atoms with Gasteiger partial charge in [0.15, 0.2) is 0 Å². The molecule has 0 radical (unpaired) electrons. The minimum atomic E-state index is 0.831. The first kappa shape index (κ1) is 11.0. The van der Waals surface area contributed by atoms with E-state index in [0.29, 0.717) is 0 Å². The van der Waals surface area contributed by atoms with Crippen molar-refractivity contribution >= 4 is 0 Å². The number of hydrogen-bond donors (Lipinski definition) is 1. The molecule has 0 aliphatic carbocycles. The summed E-state index contributed by atoms with van der Waals surface area (Å²) in [4.78, 5) is 0. The van der Waals surface area contributed by atoms with Gasteiger partial charge in [-0.05, 0) is 18.9 Å². The van der Waals surface area contributed by atoms with Crippen molar-refractivity contribution in [2.45, 2.75) is 33.1 Å². The van der Waals surface area contributed by atoms with Crippen molar-refractivity contribution in [3.05, 3.63) is 36.1 Å². The van der Waals surface area contributed by atoms with Gasteiger partial charge in [0, 0.05) is 5.70 Å². The van der Waals surface area contributed by atoms with Gasteiger partial charge in [0.25, 0.3) is 0 Å². The molecule has 1 heteroatoms. The molecule has 68 valence electrons. The summed E-state index contributed by atoms with van der Waals surface area (Å²) in [5, 5.41) is 0. The fourth-order valence-electron chi connectivity index (χ4n) is 0.893. The van der Waals surface area contributed by atoms with Crippen molar-refractivity contribution in [3.8, 4) is 0 Å². The summed E-state index contributed by atoms with van der Waals surface area (Å²) in [6, 6.07) is 0. The maximum Gasteiger partial charge on any atom is 0.0122 e. The number of rotatable bonds is 5. The first-order chi connectivity index (χ1) is 5.72. The van der Waals surface area contributed by atoms with E-state index in [2.05, 4.69) is 19.6 Å². The van der Waals surface area contributed by atoms with E-state index in [1.807, 2.05) is 13.0 Å². The van der Waals surface area contributed by atoms with E-state index in [-0.39, 0.29) is 0 Å². The molecular formula is C11H19N. The summed E-state index contributed by atoms with van der Waals surface area (Å²) in [5.74, 6) is 0. The van der Waals surface area contributed by atoms with Gasteiger partial charge in [0.1, 0.15) is 0 Å². The summed E-state index contributed by atoms with van der Waals surface area (Å²) >= 11 is 0. The smallest absolute Gasteiger partial charge is 0.0122 e. The van der Waals surface area contributed by atoms with Crippen LogP contribution in [0.2, 0.25) is 0 Å². The molecule has 1 nitrogen and oxygen atoms in total. The minimum Gasteiger partial charge on any atom is -0.402 e. The molecule has 0 heterocycles. The van der Waals surface area contributed by atoms with Crippen LogP contribution in [-0.4, -0.2) is 0 Å². The zero-order valence-electron chi connectivity index (χ0n) is 8.14. The lowest BCUT2D eigenvalue weighted by atomic mass is 10.1. The van der Waals surface area contributed by atoms with Crippen molar-refractivity contribution in [2.24, 2.45) is 5.73 Å². The van der Waals surface area contributed by atoms with E-state index in [9.17, 15) is 0 Å². The third kappa shape index (κ3) is 4.78. The molecule has 0 aliphatic rings. The van der Waals surface area contributed by atoms with Crippen molar-refractivity contribution in [1.82, 2.24) is 0 Å². The zero-order chi connectivity index (χ0) is 9.40. The summed E-state index contributed by atoms with van der Waals surface area (Å²) in [7, 11) is 0. The van der Waals surface area contributed by atoms with Gasteiger partial charge in [-0.2, -0.15) is 0 Å². The Balaban J connectivity index is 3.95. The maximum atomic E-state index is 5.62. The summed E-state index contributed by atoms with van der Waals surface area (Å²) in [6.07, 6.45) is 9.58. The summed E-state index contributed by atoms with van der Waals surface area (Å²) in [6.45, 7) is 7.77. The van der Waals surface area contributed by atoms with Crippen molar-refractivity contribution < 1.29 is 0 Å². The van der Waals surface area contributed by atoms with E-state index in [0.717, 1.165) is 17.7 Å². The van der Waals surface area contributed by atoms with Gasteiger partial charge in [0.05, 0.1) is 0 Å². The Hall–Kier alpha value is -0.980. The minimum absolute atomic E-state index is 0.831. The Morgan fingerprint density at radius 3 is 2.58 bits per heavy atom. The molecule has 0 fully saturated rings. The number of unbranched alkanes of at least 4 members (excludes halogenated alkanes) is 2. The second-order valence-electron chi connectivity index (χ2n) is 2.89. The normalized spacial score (nSPS) is 13.2. The standard InChI is InChI=1S/C11H19N/c1-4-6-7-8-9-11(5-2)10(3)12/h5,8-9H,2,4,6-7,12H2,1,3H3/b9-8-,11-10+. The second-order valence-corrected chi connectivity index (χ2v) is 2.89. The van der Waals surface area contributed by atoms with E-state index >= 15 is 0 Å². The molecule has 0 saturated heterocycles. The molecule has 0 unspecified atom stereocenters. The lowest BCUT2D eigenvalue weighted by Gasteiger charge is -1.96. The van der Waals surface area contributed by atoms with E-state index in [4.69, 9.17) is 5.73 Å². The van der Waals surface area contributed by atoms with E-state index < -0.39 is 0 Å². The molecule has 0 aromatic heterocycles. The van der Waals surface area contributed by atoms with Crippen LogP contribution >= 0.6 is 0 Å². The largest absolute Gasteiger partial charge is 0.402 e. The van der Waals surface area contributed by atoms with Crippen LogP contribution in [0.4, 0.5) is 0 Å². The number of allylic oxidation sites excluding steroid dienone is 5. The van der Waals surface area contributed by atoms with Crippen molar-refractivity contribution in [3.63, 3.8) is 0 Å². The molecular weight excluding hydrogens is 146 g/mol. The lowest BCUT2D eigenvalue weighted by Crippen LogP contribution is -1.93. The van der Waals surface area contributed by atoms with Crippen molar-refractivity contribution in [2.75, 3.05) is 0 Å². The predicted molar refractivity (Wildman–Crippen MR) is 55.7 cm³/mol. The maximum absolute atomic E-state index is 5.62. The van der Waals surface area contributed by atoms with Crippen LogP contribution in [0.1, 0.15) is 33.1 Å². The van der Waals surface area contributed by atoms with Crippen LogP contribution in [-0.2, 0) is 0 Å². The van der Waals surface area contributed by atoms with Crippen LogP contribution in [0, 0.1) is 0 Å². The van der Waals surface area contributed by atoms with Crippen LogP contribution in [0.3, 0.4) is 0 Å². The fourth-order valence-corrected chi connectivity index (χ4v) is 0.893. The fraction of sp³-hybridized carbons (Fsp3) is 0.455. The SMILES string of the molecule is C=CC(/C=C\CCCC)=C(/C)N. The Morgan fingerprint density at radius 2 is 2.17 bits per heavy atom. The third-order valence-corrected chi connectivity index (χ3v) is 1.70. The monoisotopic (exact) mass is 165 g/mol.